The first-order valence-corrected chi connectivity index (χ1v) is 8.46. The molecule has 0 aliphatic carbocycles. The maximum atomic E-state index is 5.86. The van der Waals surface area contributed by atoms with Gasteiger partial charge in [0.05, 0.1) is 6.61 Å². The van der Waals surface area contributed by atoms with Crippen LogP contribution in [0.4, 0.5) is 0 Å². The van der Waals surface area contributed by atoms with Crippen LogP contribution >= 0.6 is 0 Å². The zero-order valence-corrected chi connectivity index (χ0v) is 13.6. The zero-order chi connectivity index (χ0) is 15.6. The zero-order valence-electron chi connectivity index (χ0n) is 13.6. The number of rotatable bonds is 9. The van der Waals surface area contributed by atoms with Crippen molar-refractivity contribution in [2.75, 3.05) is 6.61 Å². The lowest BCUT2D eigenvalue weighted by Crippen LogP contribution is -1.97. The van der Waals surface area contributed by atoms with Gasteiger partial charge in [-0.1, -0.05) is 63.5 Å². The summed E-state index contributed by atoms with van der Waals surface area (Å²) in [6.45, 7) is 3.06. The maximum absolute atomic E-state index is 5.86. The average molecular weight is 294 g/mol. The first-order chi connectivity index (χ1) is 10.8. The Bertz CT molecular complexity index is 621. The highest BCUT2D eigenvalue weighted by Crippen LogP contribution is 2.22. The summed E-state index contributed by atoms with van der Waals surface area (Å²) < 4.78 is 5.86. The van der Waals surface area contributed by atoms with Crippen molar-refractivity contribution in [2.24, 2.45) is 0 Å². The van der Waals surface area contributed by atoms with Gasteiger partial charge in [-0.15, -0.1) is 6.42 Å². The van der Waals surface area contributed by atoms with Gasteiger partial charge in [-0.25, -0.2) is 0 Å². The first-order valence-electron chi connectivity index (χ1n) is 8.46. The van der Waals surface area contributed by atoms with Crippen LogP contribution in [0.5, 0.6) is 5.75 Å². The molecule has 0 amide bonds. The van der Waals surface area contributed by atoms with Crippen molar-refractivity contribution >= 4 is 10.8 Å². The molecule has 0 aromatic heterocycles. The van der Waals surface area contributed by atoms with Crippen LogP contribution in [-0.4, -0.2) is 6.61 Å². The molecule has 22 heavy (non-hydrogen) atoms. The minimum atomic E-state index is 0.807. The summed E-state index contributed by atoms with van der Waals surface area (Å²) in [4.78, 5) is 0. The summed E-state index contributed by atoms with van der Waals surface area (Å²) in [7, 11) is 0. The van der Waals surface area contributed by atoms with Crippen LogP contribution in [0.1, 0.15) is 57.4 Å². The highest BCUT2D eigenvalue weighted by atomic mass is 16.5. The van der Waals surface area contributed by atoms with Gasteiger partial charge in [0.15, 0.2) is 0 Å². The Kier molecular flexibility index (Phi) is 6.84. The number of unbranched alkanes of at least 4 members (excludes halogenated alkanes) is 6. The van der Waals surface area contributed by atoms with Gasteiger partial charge in [-0.2, -0.15) is 0 Å². The van der Waals surface area contributed by atoms with Gasteiger partial charge in [0.25, 0.3) is 0 Å². The summed E-state index contributed by atoms with van der Waals surface area (Å²) in [5.41, 5.74) is 0.921. The van der Waals surface area contributed by atoms with Crippen molar-refractivity contribution in [2.45, 2.75) is 51.9 Å². The predicted molar refractivity (Wildman–Crippen MR) is 95.4 cm³/mol. The second-order valence-electron chi connectivity index (χ2n) is 5.84. The Morgan fingerprint density at radius 3 is 2.32 bits per heavy atom. The molecule has 0 atom stereocenters. The molecular weight excluding hydrogens is 268 g/mol. The molecule has 0 aliphatic rings. The first kappa shape index (κ1) is 16.4. The number of hydrogen-bond donors (Lipinski definition) is 0. The van der Waals surface area contributed by atoms with Crippen LogP contribution < -0.4 is 4.74 Å². The van der Waals surface area contributed by atoms with Gasteiger partial charge in [0.2, 0.25) is 0 Å². The monoisotopic (exact) mass is 294 g/mol. The van der Waals surface area contributed by atoms with Crippen molar-refractivity contribution in [1.29, 1.82) is 0 Å². The second-order valence-corrected chi connectivity index (χ2v) is 5.84. The van der Waals surface area contributed by atoms with E-state index in [1.807, 2.05) is 18.2 Å². The molecule has 1 nitrogen and oxygen atoms in total. The molecule has 0 spiro atoms. The number of fused-ring (bicyclic) bond motifs is 1. The molecule has 0 saturated carbocycles. The minimum absolute atomic E-state index is 0.807. The third-order valence-electron chi connectivity index (χ3n) is 3.99. The maximum Gasteiger partial charge on any atom is 0.119 e. The Labute approximate surface area is 134 Å². The number of ether oxygens (including phenoxy) is 1. The standard InChI is InChI=1S/C21H26O/c1-3-5-6-7-8-9-10-15-22-21-14-13-19-16-18(4-2)11-12-20(19)17-21/h2,11-14,16-17H,3,5-10,15H2,1H3. The molecule has 2 aromatic carbocycles. The number of hydrogen-bond acceptors (Lipinski definition) is 1. The molecule has 0 unspecified atom stereocenters. The Morgan fingerprint density at radius 1 is 0.864 bits per heavy atom. The Hall–Kier alpha value is -1.94. The van der Waals surface area contributed by atoms with Crippen molar-refractivity contribution < 1.29 is 4.74 Å². The molecule has 0 fully saturated rings. The molecule has 0 N–H and O–H groups in total. The van der Waals surface area contributed by atoms with E-state index in [1.165, 1.54) is 49.3 Å². The van der Waals surface area contributed by atoms with Crippen molar-refractivity contribution in [3.63, 3.8) is 0 Å². The van der Waals surface area contributed by atoms with Crippen LogP contribution in [-0.2, 0) is 0 Å². The van der Waals surface area contributed by atoms with Gasteiger partial charge in [0.1, 0.15) is 5.75 Å². The van der Waals surface area contributed by atoms with Crippen LogP contribution in [0.25, 0.3) is 10.8 Å². The molecule has 2 rings (SSSR count). The van der Waals surface area contributed by atoms with Gasteiger partial charge >= 0.3 is 0 Å². The van der Waals surface area contributed by atoms with Crippen molar-refractivity contribution in [3.8, 4) is 18.1 Å². The summed E-state index contributed by atoms with van der Waals surface area (Å²) in [6.07, 6.45) is 14.6. The lowest BCUT2D eigenvalue weighted by molar-refractivity contribution is 0.304. The van der Waals surface area contributed by atoms with Crippen molar-refractivity contribution in [1.82, 2.24) is 0 Å². The van der Waals surface area contributed by atoms with E-state index in [2.05, 4.69) is 31.0 Å². The van der Waals surface area contributed by atoms with E-state index in [9.17, 15) is 0 Å². The highest BCUT2D eigenvalue weighted by molar-refractivity contribution is 5.85. The quantitative estimate of drug-likeness (QED) is 0.410. The molecule has 0 saturated heterocycles. The molecule has 0 heterocycles. The largest absolute Gasteiger partial charge is 0.494 e. The fourth-order valence-corrected chi connectivity index (χ4v) is 2.65. The molecule has 116 valence electrons. The molecule has 0 aliphatic heterocycles. The smallest absolute Gasteiger partial charge is 0.119 e. The van der Waals surface area contributed by atoms with Crippen LogP contribution in [0, 0.1) is 12.3 Å². The minimum Gasteiger partial charge on any atom is -0.494 e. The topological polar surface area (TPSA) is 9.23 Å². The van der Waals surface area contributed by atoms with E-state index in [4.69, 9.17) is 11.2 Å². The Balaban J connectivity index is 1.74. The van der Waals surface area contributed by atoms with Gasteiger partial charge in [-0.3, -0.25) is 0 Å². The summed E-state index contributed by atoms with van der Waals surface area (Å²) >= 11 is 0. The Morgan fingerprint density at radius 2 is 1.55 bits per heavy atom. The van der Waals surface area contributed by atoms with E-state index in [0.717, 1.165) is 24.3 Å². The lowest BCUT2D eigenvalue weighted by Gasteiger charge is -2.07. The second kappa shape index (κ2) is 9.15. The van der Waals surface area contributed by atoms with Crippen LogP contribution in [0.15, 0.2) is 36.4 Å². The summed E-state index contributed by atoms with van der Waals surface area (Å²) in [6, 6.07) is 12.3. The van der Waals surface area contributed by atoms with E-state index >= 15 is 0 Å². The molecule has 0 radical (unpaired) electrons. The van der Waals surface area contributed by atoms with Crippen molar-refractivity contribution in [3.05, 3.63) is 42.0 Å². The van der Waals surface area contributed by atoms with E-state index in [0.29, 0.717) is 0 Å². The fraction of sp³-hybridized carbons (Fsp3) is 0.429. The molecule has 0 bridgehead atoms. The third kappa shape index (κ3) is 5.11. The van der Waals surface area contributed by atoms with Gasteiger partial charge < -0.3 is 4.74 Å². The molecule has 1 heteroatoms. The summed E-state index contributed by atoms with van der Waals surface area (Å²) in [5.74, 6) is 3.62. The van der Waals surface area contributed by atoms with E-state index in [-0.39, 0.29) is 0 Å². The lowest BCUT2D eigenvalue weighted by atomic mass is 10.1. The SMILES string of the molecule is C#Cc1ccc2cc(OCCCCCCCCC)ccc2c1. The molecular formula is C21H26O. The van der Waals surface area contributed by atoms with E-state index in [1.54, 1.807) is 0 Å². The number of terminal acetylenes is 1. The average Bonchev–Trinajstić information content (AvgIpc) is 2.56. The fourth-order valence-electron chi connectivity index (χ4n) is 2.65. The predicted octanol–water partition coefficient (Wildman–Crippen LogP) is 5.95. The van der Waals surface area contributed by atoms with Gasteiger partial charge in [0, 0.05) is 5.56 Å². The molecule has 2 aromatic rings. The van der Waals surface area contributed by atoms with Crippen LogP contribution in [0.2, 0.25) is 0 Å². The number of benzene rings is 2. The summed E-state index contributed by atoms with van der Waals surface area (Å²) in [5, 5.41) is 2.34. The third-order valence-corrected chi connectivity index (χ3v) is 3.99. The highest BCUT2D eigenvalue weighted by Gasteiger charge is 1.99. The van der Waals surface area contributed by atoms with E-state index < -0.39 is 0 Å². The van der Waals surface area contributed by atoms with Crippen LogP contribution in [0.3, 0.4) is 0 Å². The van der Waals surface area contributed by atoms with Gasteiger partial charge in [-0.05, 0) is 41.5 Å². The normalized spacial score (nSPS) is 10.5.